The molecular formula is C18H25N3OS. The van der Waals surface area contributed by atoms with Crippen molar-refractivity contribution in [2.45, 2.75) is 39.7 Å². The highest BCUT2D eigenvalue weighted by Crippen LogP contribution is 2.23. The highest BCUT2D eigenvalue weighted by Gasteiger charge is 2.30. The molecule has 124 valence electrons. The van der Waals surface area contributed by atoms with Gasteiger partial charge in [-0.3, -0.25) is 4.79 Å². The van der Waals surface area contributed by atoms with Crippen LogP contribution in [0.1, 0.15) is 46.7 Å². The number of carbonyl (C=O) groups is 1. The number of carbonyl (C=O) groups excluding carboxylic acids is 1. The fourth-order valence-corrected chi connectivity index (χ4v) is 3.25. The number of hydrogen-bond acceptors (Lipinski definition) is 4. The lowest BCUT2D eigenvalue weighted by Crippen LogP contribution is -2.54. The molecule has 1 unspecified atom stereocenters. The minimum atomic E-state index is -0.410. The molecular weight excluding hydrogens is 306 g/mol. The van der Waals surface area contributed by atoms with Crippen LogP contribution in [-0.4, -0.2) is 23.0 Å². The van der Waals surface area contributed by atoms with Crippen molar-refractivity contribution >= 4 is 17.2 Å². The minimum absolute atomic E-state index is 0.0824. The normalized spacial score (nSPS) is 13.8. The van der Waals surface area contributed by atoms with E-state index in [1.807, 2.05) is 32.0 Å². The lowest BCUT2D eigenvalue weighted by molar-refractivity contribution is 0.0886. The first-order valence-electron chi connectivity index (χ1n) is 7.88. The lowest BCUT2D eigenvalue weighted by Gasteiger charge is -2.33. The third-order valence-electron chi connectivity index (χ3n) is 4.34. The summed E-state index contributed by atoms with van der Waals surface area (Å²) < 4.78 is 0. The summed E-state index contributed by atoms with van der Waals surface area (Å²) in [5, 5.41) is 4.04. The zero-order chi connectivity index (χ0) is 17.0. The van der Waals surface area contributed by atoms with Crippen molar-refractivity contribution in [2.24, 2.45) is 11.7 Å². The molecule has 0 aliphatic heterocycles. The van der Waals surface area contributed by atoms with Crippen molar-refractivity contribution in [3.63, 3.8) is 0 Å². The van der Waals surface area contributed by atoms with Gasteiger partial charge in [-0.2, -0.15) is 0 Å². The van der Waals surface area contributed by atoms with Gasteiger partial charge < -0.3 is 11.1 Å². The maximum Gasteiger partial charge on any atom is 0.263 e. The fraction of sp³-hybridized carbons (Fsp3) is 0.444. The highest BCUT2D eigenvalue weighted by molar-refractivity contribution is 7.13. The van der Waals surface area contributed by atoms with Gasteiger partial charge >= 0.3 is 0 Å². The first-order chi connectivity index (χ1) is 10.9. The van der Waals surface area contributed by atoms with Gasteiger partial charge in [0.15, 0.2) is 0 Å². The topological polar surface area (TPSA) is 68.0 Å². The number of nitrogens with zero attached hydrogens (tertiary/aromatic N) is 1. The molecule has 1 atom stereocenters. The molecule has 0 aliphatic carbocycles. The van der Waals surface area contributed by atoms with Gasteiger partial charge in [0, 0.05) is 13.0 Å². The zero-order valence-electron chi connectivity index (χ0n) is 14.2. The second-order valence-electron chi connectivity index (χ2n) is 6.41. The van der Waals surface area contributed by atoms with Crippen LogP contribution in [0, 0.1) is 12.8 Å². The van der Waals surface area contributed by atoms with Crippen LogP contribution in [0.5, 0.6) is 0 Å². The largest absolute Gasteiger partial charge is 0.345 e. The van der Waals surface area contributed by atoms with Gasteiger partial charge in [0.2, 0.25) is 0 Å². The second kappa shape index (κ2) is 7.23. The molecule has 1 aromatic carbocycles. The van der Waals surface area contributed by atoms with E-state index >= 15 is 0 Å². The van der Waals surface area contributed by atoms with E-state index in [1.165, 1.54) is 16.9 Å². The van der Waals surface area contributed by atoms with Crippen molar-refractivity contribution in [1.82, 2.24) is 10.3 Å². The van der Waals surface area contributed by atoms with Crippen LogP contribution in [-0.2, 0) is 6.42 Å². The first kappa shape index (κ1) is 17.6. The van der Waals surface area contributed by atoms with Crippen molar-refractivity contribution < 1.29 is 4.79 Å². The quantitative estimate of drug-likeness (QED) is 0.854. The van der Waals surface area contributed by atoms with Crippen molar-refractivity contribution in [3.05, 3.63) is 51.5 Å². The number of amides is 1. The van der Waals surface area contributed by atoms with E-state index in [-0.39, 0.29) is 11.8 Å². The molecule has 0 bridgehead atoms. The van der Waals surface area contributed by atoms with Crippen LogP contribution in [0.15, 0.2) is 30.3 Å². The molecule has 0 saturated heterocycles. The van der Waals surface area contributed by atoms with Gasteiger partial charge in [0.1, 0.15) is 4.88 Å². The predicted molar refractivity (Wildman–Crippen MR) is 95.9 cm³/mol. The number of aryl methyl sites for hydroxylation is 1. The molecule has 2 aromatic rings. The smallest absolute Gasteiger partial charge is 0.263 e. The van der Waals surface area contributed by atoms with Crippen LogP contribution in [0.4, 0.5) is 0 Å². The average Bonchev–Trinajstić information content (AvgIpc) is 2.88. The molecule has 23 heavy (non-hydrogen) atoms. The van der Waals surface area contributed by atoms with E-state index in [2.05, 4.69) is 36.3 Å². The summed E-state index contributed by atoms with van der Waals surface area (Å²) in [6, 6.07) is 10.2. The summed E-state index contributed by atoms with van der Waals surface area (Å²) in [4.78, 5) is 17.8. The monoisotopic (exact) mass is 331 g/mol. The highest BCUT2D eigenvalue weighted by atomic mass is 32.1. The van der Waals surface area contributed by atoms with E-state index < -0.39 is 5.54 Å². The Morgan fingerprint density at radius 2 is 2.00 bits per heavy atom. The number of nitrogens with two attached hydrogens (primary N) is 1. The summed E-state index contributed by atoms with van der Waals surface area (Å²) in [5.41, 5.74) is 7.42. The van der Waals surface area contributed by atoms with Gasteiger partial charge in [-0.25, -0.2) is 4.98 Å². The average molecular weight is 331 g/mol. The van der Waals surface area contributed by atoms with Crippen molar-refractivity contribution in [3.8, 4) is 0 Å². The minimum Gasteiger partial charge on any atom is -0.345 e. The van der Waals surface area contributed by atoms with Gasteiger partial charge in [0.25, 0.3) is 5.91 Å². The summed E-state index contributed by atoms with van der Waals surface area (Å²) in [5.74, 6) is 0.175. The molecule has 4 nitrogen and oxygen atoms in total. The Morgan fingerprint density at radius 1 is 1.35 bits per heavy atom. The van der Waals surface area contributed by atoms with E-state index in [1.54, 1.807) is 0 Å². The van der Waals surface area contributed by atoms with Gasteiger partial charge in [-0.1, -0.05) is 44.2 Å². The Labute approximate surface area is 142 Å². The first-order valence-corrected chi connectivity index (χ1v) is 8.70. The third kappa shape index (κ3) is 4.18. The Bertz CT molecular complexity index is 666. The molecule has 3 N–H and O–H groups in total. The van der Waals surface area contributed by atoms with E-state index in [9.17, 15) is 4.79 Å². The molecule has 1 amide bonds. The van der Waals surface area contributed by atoms with Crippen LogP contribution in [0.25, 0.3) is 0 Å². The van der Waals surface area contributed by atoms with Crippen LogP contribution in [0.3, 0.4) is 0 Å². The molecule has 0 spiro atoms. The molecule has 0 saturated carbocycles. The number of benzene rings is 1. The Balaban J connectivity index is 2.16. The predicted octanol–water partition coefficient (Wildman–Crippen LogP) is 3.15. The van der Waals surface area contributed by atoms with Crippen LogP contribution >= 0.6 is 11.3 Å². The van der Waals surface area contributed by atoms with E-state index in [0.717, 1.165) is 17.1 Å². The standard InChI is InChI=1S/C18H25N3OS/c1-12(2)18(4,11-19)21-17(22)16-13(3)20-15(23-16)10-14-8-6-5-7-9-14/h5-9,12H,10-11,19H2,1-4H3,(H,21,22). The number of nitrogens with one attached hydrogen (secondary N) is 1. The van der Waals surface area contributed by atoms with Gasteiger partial charge in [-0.15, -0.1) is 11.3 Å². The van der Waals surface area contributed by atoms with E-state index in [0.29, 0.717) is 11.4 Å². The molecule has 0 fully saturated rings. The lowest BCUT2D eigenvalue weighted by atomic mass is 9.88. The molecule has 0 radical (unpaired) electrons. The Hall–Kier alpha value is -1.72. The molecule has 1 heterocycles. The number of hydrogen-bond donors (Lipinski definition) is 2. The maximum absolute atomic E-state index is 12.6. The molecule has 0 aliphatic rings. The summed E-state index contributed by atoms with van der Waals surface area (Å²) in [6.07, 6.45) is 0.748. The third-order valence-corrected chi connectivity index (χ3v) is 5.50. The van der Waals surface area contributed by atoms with Crippen LogP contribution < -0.4 is 11.1 Å². The molecule has 2 rings (SSSR count). The van der Waals surface area contributed by atoms with Gasteiger partial charge in [-0.05, 0) is 25.3 Å². The van der Waals surface area contributed by atoms with Crippen molar-refractivity contribution in [2.75, 3.05) is 6.54 Å². The number of thiazole rings is 1. The second-order valence-corrected chi connectivity index (χ2v) is 7.50. The summed E-state index contributed by atoms with van der Waals surface area (Å²) in [6.45, 7) is 8.40. The molecule has 5 heteroatoms. The zero-order valence-corrected chi connectivity index (χ0v) is 15.0. The Kier molecular flexibility index (Phi) is 5.55. The summed E-state index contributed by atoms with van der Waals surface area (Å²) in [7, 11) is 0. The number of rotatable bonds is 6. The van der Waals surface area contributed by atoms with Gasteiger partial charge in [0.05, 0.1) is 16.2 Å². The SMILES string of the molecule is Cc1nc(Cc2ccccc2)sc1C(=O)NC(C)(CN)C(C)C. The van der Waals surface area contributed by atoms with Crippen LogP contribution in [0.2, 0.25) is 0 Å². The Morgan fingerprint density at radius 3 is 2.57 bits per heavy atom. The van der Waals surface area contributed by atoms with E-state index in [4.69, 9.17) is 5.73 Å². The maximum atomic E-state index is 12.6. The summed E-state index contributed by atoms with van der Waals surface area (Å²) >= 11 is 1.46. The fourth-order valence-electron chi connectivity index (χ4n) is 2.26. The number of aromatic nitrogens is 1. The molecule has 1 aromatic heterocycles. The van der Waals surface area contributed by atoms with Crippen molar-refractivity contribution in [1.29, 1.82) is 0 Å².